The van der Waals surface area contributed by atoms with Gasteiger partial charge in [-0.2, -0.15) is 0 Å². The summed E-state index contributed by atoms with van der Waals surface area (Å²) in [5.74, 6) is 1.11. The Morgan fingerprint density at radius 3 is 2.75 bits per heavy atom. The van der Waals surface area contributed by atoms with Crippen molar-refractivity contribution in [1.82, 2.24) is 9.55 Å². The number of halogens is 3. The maximum atomic E-state index is 6.35. The topological polar surface area (TPSA) is 17.8 Å². The molecule has 2 aromatic carbocycles. The second-order valence-corrected chi connectivity index (χ2v) is 6.18. The third-order valence-electron chi connectivity index (χ3n) is 3.15. The van der Waals surface area contributed by atoms with Gasteiger partial charge in [0.1, 0.15) is 5.82 Å². The number of benzene rings is 2. The van der Waals surface area contributed by atoms with Crippen LogP contribution in [-0.2, 0) is 5.88 Å². The molecule has 20 heavy (non-hydrogen) atoms. The molecule has 1 aromatic heterocycles. The van der Waals surface area contributed by atoms with Crippen LogP contribution in [0.25, 0.3) is 16.7 Å². The van der Waals surface area contributed by atoms with Crippen molar-refractivity contribution in [1.29, 1.82) is 0 Å². The maximum Gasteiger partial charge on any atom is 0.129 e. The van der Waals surface area contributed by atoms with E-state index in [1.807, 2.05) is 47.9 Å². The summed E-state index contributed by atoms with van der Waals surface area (Å²) in [5, 5.41) is 0.682. The van der Waals surface area contributed by atoms with Gasteiger partial charge in [0, 0.05) is 4.47 Å². The highest BCUT2D eigenvalue weighted by atomic mass is 79.9. The lowest BCUT2D eigenvalue weighted by Gasteiger charge is -2.11. The highest BCUT2D eigenvalue weighted by Gasteiger charge is 2.14. The molecular formula is C15H11BrCl2N2. The van der Waals surface area contributed by atoms with Crippen molar-refractivity contribution in [2.75, 3.05) is 0 Å². The SMILES string of the molecule is Cc1ccc(Cl)c(-n2c(CCl)nc3ccc(Br)cc32)c1. The van der Waals surface area contributed by atoms with Crippen LogP contribution in [0.1, 0.15) is 11.4 Å². The van der Waals surface area contributed by atoms with Gasteiger partial charge in [-0.25, -0.2) is 4.98 Å². The monoisotopic (exact) mass is 368 g/mol. The molecule has 102 valence electrons. The minimum absolute atomic E-state index is 0.330. The summed E-state index contributed by atoms with van der Waals surface area (Å²) in [7, 11) is 0. The lowest BCUT2D eigenvalue weighted by Crippen LogP contribution is -2.00. The second kappa shape index (κ2) is 5.40. The average molecular weight is 370 g/mol. The highest BCUT2D eigenvalue weighted by molar-refractivity contribution is 9.10. The Labute approximate surface area is 135 Å². The van der Waals surface area contributed by atoms with Gasteiger partial charge in [0.15, 0.2) is 0 Å². The van der Waals surface area contributed by atoms with E-state index in [0.29, 0.717) is 10.9 Å². The predicted molar refractivity (Wildman–Crippen MR) is 88.1 cm³/mol. The van der Waals surface area contributed by atoms with E-state index in [0.717, 1.165) is 32.6 Å². The normalized spacial score (nSPS) is 11.2. The lowest BCUT2D eigenvalue weighted by molar-refractivity contribution is 0.980. The molecule has 3 aromatic rings. The summed E-state index contributed by atoms with van der Waals surface area (Å²) in [6.45, 7) is 2.04. The first-order valence-electron chi connectivity index (χ1n) is 6.09. The molecule has 5 heteroatoms. The fraction of sp³-hybridized carbons (Fsp3) is 0.133. The average Bonchev–Trinajstić information content (AvgIpc) is 2.79. The molecule has 0 aliphatic rings. The van der Waals surface area contributed by atoms with Gasteiger partial charge >= 0.3 is 0 Å². The number of hydrogen-bond donors (Lipinski definition) is 0. The number of hydrogen-bond acceptors (Lipinski definition) is 1. The van der Waals surface area contributed by atoms with Crippen molar-refractivity contribution < 1.29 is 0 Å². The van der Waals surface area contributed by atoms with Gasteiger partial charge < -0.3 is 0 Å². The van der Waals surface area contributed by atoms with Crippen molar-refractivity contribution in [2.24, 2.45) is 0 Å². The van der Waals surface area contributed by atoms with Gasteiger partial charge in [-0.3, -0.25) is 4.57 Å². The summed E-state index contributed by atoms with van der Waals surface area (Å²) in [5.41, 5.74) is 3.94. The van der Waals surface area contributed by atoms with Crippen molar-refractivity contribution in [3.05, 3.63) is 57.3 Å². The van der Waals surface area contributed by atoms with Crippen LogP contribution in [0.3, 0.4) is 0 Å². The first kappa shape index (κ1) is 13.9. The van der Waals surface area contributed by atoms with Gasteiger partial charge in [0.25, 0.3) is 0 Å². The smallest absolute Gasteiger partial charge is 0.129 e. The van der Waals surface area contributed by atoms with E-state index in [2.05, 4.69) is 20.9 Å². The van der Waals surface area contributed by atoms with Crippen LogP contribution in [0, 0.1) is 6.92 Å². The van der Waals surface area contributed by atoms with Crippen LogP contribution in [0.2, 0.25) is 5.02 Å². The first-order chi connectivity index (χ1) is 9.60. The molecule has 0 aliphatic heterocycles. The number of aryl methyl sites for hydroxylation is 1. The lowest BCUT2D eigenvalue weighted by atomic mass is 10.2. The molecule has 1 heterocycles. The highest BCUT2D eigenvalue weighted by Crippen LogP contribution is 2.29. The Bertz CT molecular complexity index is 796. The number of rotatable bonds is 2. The van der Waals surface area contributed by atoms with Gasteiger partial charge in [-0.05, 0) is 42.8 Å². The molecule has 0 fully saturated rings. The van der Waals surface area contributed by atoms with Crippen LogP contribution in [0.5, 0.6) is 0 Å². The zero-order valence-corrected chi connectivity index (χ0v) is 13.8. The molecular weight excluding hydrogens is 359 g/mol. The predicted octanol–water partition coefficient (Wildman–Crippen LogP) is 5.49. The van der Waals surface area contributed by atoms with Gasteiger partial charge in [-0.1, -0.05) is 33.6 Å². The first-order valence-corrected chi connectivity index (χ1v) is 7.80. The number of aromatic nitrogens is 2. The molecule has 0 amide bonds. The number of nitrogens with zero attached hydrogens (tertiary/aromatic N) is 2. The van der Waals surface area contributed by atoms with Crippen LogP contribution in [0.4, 0.5) is 0 Å². The molecule has 0 N–H and O–H groups in total. The van der Waals surface area contributed by atoms with Gasteiger partial charge in [0.05, 0.1) is 27.6 Å². The number of fused-ring (bicyclic) bond motifs is 1. The van der Waals surface area contributed by atoms with E-state index in [9.17, 15) is 0 Å². The van der Waals surface area contributed by atoms with Crippen molar-refractivity contribution in [2.45, 2.75) is 12.8 Å². The zero-order valence-electron chi connectivity index (χ0n) is 10.7. The van der Waals surface area contributed by atoms with Crippen LogP contribution in [-0.4, -0.2) is 9.55 Å². The van der Waals surface area contributed by atoms with E-state index in [4.69, 9.17) is 23.2 Å². The summed E-state index contributed by atoms with van der Waals surface area (Å²) in [6.07, 6.45) is 0. The molecule has 0 spiro atoms. The van der Waals surface area contributed by atoms with Gasteiger partial charge in [0.2, 0.25) is 0 Å². The van der Waals surface area contributed by atoms with Crippen LogP contribution >= 0.6 is 39.1 Å². The fourth-order valence-corrected chi connectivity index (χ4v) is 2.98. The molecule has 0 atom stereocenters. The Balaban J connectivity index is 2.39. The Morgan fingerprint density at radius 1 is 1.20 bits per heavy atom. The van der Waals surface area contributed by atoms with E-state index < -0.39 is 0 Å². The summed E-state index contributed by atoms with van der Waals surface area (Å²) in [4.78, 5) is 4.57. The zero-order chi connectivity index (χ0) is 14.3. The Morgan fingerprint density at radius 2 is 2.00 bits per heavy atom. The third kappa shape index (κ3) is 2.34. The molecule has 0 saturated heterocycles. The number of alkyl halides is 1. The minimum atomic E-state index is 0.330. The van der Waals surface area contributed by atoms with Crippen molar-refractivity contribution in [3.63, 3.8) is 0 Å². The molecule has 0 saturated carbocycles. The molecule has 0 aliphatic carbocycles. The molecule has 3 rings (SSSR count). The maximum absolute atomic E-state index is 6.35. The summed E-state index contributed by atoms with van der Waals surface area (Å²) >= 11 is 15.9. The van der Waals surface area contributed by atoms with Crippen LogP contribution < -0.4 is 0 Å². The Kier molecular flexibility index (Phi) is 3.76. The molecule has 0 radical (unpaired) electrons. The summed E-state index contributed by atoms with van der Waals surface area (Å²) < 4.78 is 3.01. The Hall–Kier alpha value is -1.03. The minimum Gasteiger partial charge on any atom is -0.294 e. The van der Waals surface area contributed by atoms with E-state index in [1.165, 1.54) is 0 Å². The van der Waals surface area contributed by atoms with E-state index >= 15 is 0 Å². The molecule has 2 nitrogen and oxygen atoms in total. The number of imidazole rings is 1. The summed E-state index contributed by atoms with van der Waals surface area (Å²) in [6, 6.07) is 11.9. The van der Waals surface area contributed by atoms with Crippen LogP contribution in [0.15, 0.2) is 40.9 Å². The molecule has 0 unspecified atom stereocenters. The fourth-order valence-electron chi connectivity index (χ4n) is 2.25. The quantitative estimate of drug-likeness (QED) is 0.546. The van der Waals surface area contributed by atoms with Gasteiger partial charge in [-0.15, -0.1) is 11.6 Å². The van der Waals surface area contributed by atoms with E-state index in [1.54, 1.807) is 0 Å². The van der Waals surface area contributed by atoms with Crippen molar-refractivity contribution >= 4 is 50.2 Å². The molecule has 0 bridgehead atoms. The third-order valence-corrected chi connectivity index (χ3v) is 4.20. The second-order valence-electron chi connectivity index (χ2n) is 4.58. The van der Waals surface area contributed by atoms with Crippen molar-refractivity contribution in [3.8, 4) is 5.69 Å². The van der Waals surface area contributed by atoms with E-state index in [-0.39, 0.29) is 0 Å². The standard InChI is InChI=1S/C15H11BrCl2N2/c1-9-2-4-11(18)13(6-9)20-14-7-10(16)3-5-12(14)19-15(20)8-17/h2-7H,8H2,1H3. The largest absolute Gasteiger partial charge is 0.294 e.